The van der Waals surface area contributed by atoms with Gasteiger partial charge in [-0.25, -0.2) is 4.39 Å². The molecule has 6 heteroatoms. The number of rotatable bonds is 3. The average Bonchev–Trinajstić information content (AvgIpc) is 2.19. The molecule has 0 saturated carbocycles. The third-order valence-electron chi connectivity index (χ3n) is 1.79. The number of carbonyl (C=O) groups is 2. The Hall–Kier alpha value is -1.72. The third kappa shape index (κ3) is 3.15. The molecule has 0 saturated heterocycles. The van der Waals surface area contributed by atoms with E-state index in [2.05, 4.69) is 0 Å². The number of ketones is 2. The number of hydrogen-bond donors (Lipinski definition) is 0. The summed E-state index contributed by atoms with van der Waals surface area (Å²) < 4.78 is 47.9. The zero-order valence-electron chi connectivity index (χ0n) is 7.84. The molecular weight excluding hydrogens is 228 g/mol. The van der Waals surface area contributed by atoms with E-state index in [0.29, 0.717) is 0 Å². The fourth-order valence-electron chi connectivity index (χ4n) is 1.03. The van der Waals surface area contributed by atoms with Crippen LogP contribution in [0.25, 0.3) is 0 Å². The molecule has 86 valence electrons. The Labute approximate surface area is 87.9 Å². The van der Waals surface area contributed by atoms with E-state index >= 15 is 0 Å². The predicted molar refractivity (Wildman–Crippen MR) is 46.2 cm³/mol. The van der Waals surface area contributed by atoms with E-state index in [0.717, 1.165) is 24.3 Å². The van der Waals surface area contributed by atoms with Crippen LogP contribution in [-0.2, 0) is 16.0 Å². The van der Waals surface area contributed by atoms with E-state index in [1.165, 1.54) is 0 Å². The van der Waals surface area contributed by atoms with Crippen LogP contribution in [0.15, 0.2) is 24.3 Å². The van der Waals surface area contributed by atoms with E-state index in [9.17, 15) is 27.2 Å². The lowest BCUT2D eigenvalue weighted by atomic mass is 10.1. The van der Waals surface area contributed by atoms with Gasteiger partial charge in [0.1, 0.15) is 5.82 Å². The number of halogens is 4. The lowest BCUT2D eigenvalue weighted by molar-refractivity contribution is -0.174. The Morgan fingerprint density at radius 1 is 1.06 bits per heavy atom. The minimum Gasteiger partial charge on any atom is -0.290 e. The van der Waals surface area contributed by atoms with Crippen LogP contribution in [0.2, 0.25) is 0 Å². The molecule has 0 atom stereocenters. The van der Waals surface area contributed by atoms with Gasteiger partial charge in [0.2, 0.25) is 5.78 Å². The highest BCUT2D eigenvalue weighted by atomic mass is 19.4. The van der Waals surface area contributed by atoms with Gasteiger partial charge < -0.3 is 0 Å². The van der Waals surface area contributed by atoms with Gasteiger partial charge in [0.15, 0.2) is 0 Å². The van der Waals surface area contributed by atoms with Gasteiger partial charge in [-0.1, -0.05) is 12.1 Å². The van der Waals surface area contributed by atoms with E-state index in [-0.39, 0.29) is 5.56 Å². The predicted octanol–water partition coefficient (Wildman–Crippen LogP) is 2.07. The van der Waals surface area contributed by atoms with Crippen LogP contribution in [0.3, 0.4) is 0 Å². The van der Waals surface area contributed by atoms with E-state index in [4.69, 9.17) is 0 Å². The molecule has 0 fully saturated rings. The normalized spacial score (nSPS) is 11.2. The summed E-state index contributed by atoms with van der Waals surface area (Å²) in [5.74, 6) is -4.52. The second-order valence-corrected chi connectivity index (χ2v) is 3.05. The van der Waals surface area contributed by atoms with Gasteiger partial charge in [0.25, 0.3) is 0 Å². The Morgan fingerprint density at radius 2 is 1.56 bits per heavy atom. The van der Waals surface area contributed by atoms with Gasteiger partial charge >= 0.3 is 12.0 Å². The van der Waals surface area contributed by atoms with E-state index < -0.39 is 30.0 Å². The highest BCUT2D eigenvalue weighted by Crippen LogP contribution is 2.17. The van der Waals surface area contributed by atoms with Crippen LogP contribution in [0.5, 0.6) is 0 Å². The summed E-state index contributed by atoms with van der Waals surface area (Å²) in [6.45, 7) is 0. The van der Waals surface area contributed by atoms with E-state index in [1.54, 1.807) is 0 Å². The first kappa shape index (κ1) is 12.4. The first-order valence-corrected chi connectivity index (χ1v) is 4.19. The van der Waals surface area contributed by atoms with Crippen molar-refractivity contribution in [3.05, 3.63) is 35.6 Å². The summed E-state index contributed by atoms with van der Waals surface area (Å²) in [5.41, 5.74) is 0.156. The fraction of sp³-hybridized carbons (Fsp3) is 0.200. The molecule has 16 heavy (non-hydrogen) atoms. The minimum absolute atomic E-state index is 0.156. The van der Waals surface area contributed by atoms with Crippen molar-refractivity contribution in [2.45, 2.75) is 12.6 Å². The van der Waals surface area contributed by atoms with Crippen molar-refractivity contribution in [3.8, 4) is 0 Å². The van der Waals surface area contributed by atoms with E-state index in [1.807, 2.05) is 0 Å². The van der Waals surface area contributed by atoms with Crippen molar-refractivity contribution in [1.82, 2.24) is 0 Å². The third-order valence-corrected chi connectivity index (χ3v) is 1.79. The molecule has 0 N–H and O–H groups in total. The summed E-state index contributed by atoms with van der Waals surface area (Å²) in [6.07, 6.45) is -5.84. The van der Waals surface area contributed by atoms with Crippen molar-refractivity contribution in [2.24, 2.45) is 0 Å². The summed E-state index contributed by atoms with van der Waals surface area (Å²) in [5, 5.41) is 0. The lowest BCUT2D eigenvalue weighted by Gasteiger charge is -2.03. The molecule has 1 aromatic carbocycles. The number of Topliss-reactive ketones (excluding diaryl/α,β-unsaturated/α-hetero) is 2. The molecule has 2 nitrogen and oxygen atoms in total. The monoisotopic (exact) mass is 234 g/mol. The molecule has 0 aliphatic heterocycles. The first-order valence-electron chi connectivity index (χ1n) is 4.19. The van der Waals surface area contributed by atoms with Crippen LogP contribution in [0.1, 0.15) is 5.56 Å². The number of hydrogen-bond acceptors (Lipinski definition) is 2. The van der Waals surface area contributed by atoms with Crippen molar-refractivity contribution in [1.29, 1.82) is 0 Å². The maximum atomic E-state index is 12.4. The van der Waals surface area contributed by atoms with Crippen LogP contribution in [0, 0.1) is 5.82 Å². The Morgan fingerprint density at radius 3 is 2.00 bits per heavy atom. The van der Waals surface area contributed by atoms with Gasteiger partial charge in [0.05, 0.1) is 0 Å². The first-order chi connectivity index (χ1) is 7.30. The Bertz CT molecular complexity index is 406. The quantitative estimate of drug-likeness (QED) is 0.592. The van der Waals surface area contributed by atoms with Crippen molar-refractivity contribution in [2.75, 3.05) is 0 Å². The van der Waals surface area contributed by atoms with Crippen molar-refractivity contribution < 1.29 is 27.2 Å². The van der Waals surface area contributed by atoms with Gasteiger partial charge in [0, 0.05) is 6.42 Å². The molecule has 0 aliphatic carbocycles. The van der Waals surface area contributed by atoms with Crippen LogP contribution >= 0.6 is 0 Å². The summed E-state index contributed by atoms with van der Waals surface area (Å²) in [4.78, 5) is 21.4. The van der Waals surface area contributed by atoms with Gasteiger partial charge in [-0.2, -0.15) is 13.2 Å². The van der Waals surface area contributed by atoms with Gasteiger partial charge in [-0.15, -0.1) is 0 Å². The second-order valence-electron chi connectivity index (χ2n) is 3.05. The molecule has 1 rings (SSSR count). The summed E-state index contributed by atoms with van der Waals surface area (Å²) in [7, 11) is 0. The fourth-order valence-corrected chi connectivity index (χ4v) is 1.03. The molecule has 0 unspecified atom stereocenters. The standard InChI is InChI=1S/C10H6F4O2/c11-7-3-1-6(2-4-7)5-8(15)9(16)10(12,13)14/h1-4H,5H2. The SMILES string of the molecule is O=C(Cc1ccc(F)cc1)C(=O)C(F)(F)F. The largest absolute Gasteiger partial charge is 0.458 e. The molecule has 0 bridgehead atoms. The summed E-state index contributed by atoms with van der Waals surface area (Å²) >= 11 is 0. The molecular formula is C10H6F4O2. The van der Waals surface area contributed by atoms with Crippen LogP contribution < -0.4 is 0 Å². The molecule has 0 spiro atoms. The zero-order chi connectivity index (χ0) is 12.3. The number of benzene rings is 1. The molecule has 0 heterocycles. The van der Waals surface area contributed by atoms with Crippen molar-refractivity contribution in [3.63, 3.8) is 0 Å². The topological polar surface area (TPSA) is 34.1 Å². The highest BCUT2D eigenvalue weighted by Gasteiger charge is 2.42. The lowest BCUT2D eigenvalue weighted by Crippen LogP contribution is -2.31. The van der Waals surface area contributed by atoms with Gasteiger partial charge in [-0.05, 0) is 17.7 Å². The molecule has 0 radical (unpaired) electrons. The van der Waals surface area contributed by atoms with Gasteiger partial charge in [-0.3, -0.25) is 9.59 Å². The molecule has 0 aromatic heterocycles. The zero-order valence-corrected chi connectivity index (χ0v) is 7.84. The van der Waals surface area contributed by atoms with Crippen LogP contribution in [0.4, 0.5) is 17.6 Å². The maximum Gasteiger partial charge on any atom is 0.458 e. The summed E-state index contributed by atoms with van der Waals surface area (Å²) in [6, 6.07) is 4.30. The Balaban J connectivity index is 2.72. The van der Waals surface area contributed by atoms with Crippen LogP contribution in [-0.4, -0.2) is 17.7 Å². The smallest absolute Gasteiger partial charge is 0.290 e. The highest BCUT2D eigenvalue weighted by molar-refractivity contribution is 6.39. The molecule has 0 amide bonds. The minimum atomic E-state index is -5.16. The number of carbonyl (C=O) groups excluding carboxylic acids is 2. The number of alkyl halides is 3. The molecule has 1 aromatic rings. The average molecular weight is 234 g/mol. The Kier molecular flexibility index (Phi) is 3.41. The second kappa shape index (κ2) is 4.42. The maximum absolute atomic E-state index is 12.4. The van der Waals surface area contributed by atoms with Crippen molar-refractivity contribution >= 4 is 11.6 Å². The molecule has 0 aliphatic rings.